The number of benzene rings is 1. The van der Waals surface area contributed by atoms with Crippen LogP contribution in [0, 0.1) is 0 Å². The van der Waals surface area contributed by atoms with Crippen LogP contribution in [0.15, 0.2) is 55.1 Å². The van der Waals surface area contributed by atoms with Gasteiger partial charge in [0.05, 0.1) is 24.0 Å². The van der Waals surface area contributed by atoms with E-state index >= 15 is 0 Å². The lowest BCUT2D eigenvalue weighted by molar-refractivity contribution is -0.135. The Bertz CT molecular complexity index is 816. The third kappa shape index (κ3) is 3.28. The maximum absolute atomic E-state index is 12.9. The molecule has 24 heavy (non-hydrogen) atoms. The lowest BCUT2D eigenvalue weighted by Gasteiger charge is -2.26. The van der Waals surface area contributed by atoms with Crippen molar-refractivity contribution in [3.05, 3.63) is 60.7 Å². The Morgan fingerprint density at radius 2 is 2.12 bits per heavy atom. The second kappa shape index (κ2) is 7.23. The van der Waals surface area contributed by atoms with Crippen LogP contribution in [0.5, 0.6) is 0 Å². The number of carbonyl (C=O) groups is 1. The van der Waals surface area contributed by atoms with Crippen LogP contribution < -0.4 is 0 Å². The molecule has 1 unspecified atom stereocenters. The molecule has 0 fully saturated rings. The fourth-order valence-electron chi connectivity index (χ4n) is 2.77. The van der Waals surface area contributed by atoms with Gasteiger partial charge in [0.15, 0.2) is 0 Å². The topological polar surface area (TPSA) is 71.2 Å². The zero-order chi connectivity index (χ0) is 16.9. The van der Waals surface area contributed by atoms with Crippen molar-refractivity contribution < 1.29 is 9.90 Å². The number of carbonyl (C=O) groups excluding carboxylic acids is 1. The van der Waals surface area contributed by atoms with E-state index in [1.807, 2.05) is 47.9 Å². The Hall–Kier alpha value is -2.73. The lowest BCUT2D eigenvalue weighted by Crippen LogP contribution is -2.37. The van der Waals surface area contributed by atoms with Gasteiger partial charge in [-0.2, -0.15) is 0 Å². The summed E-state index contributed by atoms with van der Waals surface area (Å²) in [5, 5.41) is 9.32. The second-order valence-corrected chi connectivity index (χ2v) is 5.66. The highest BCUT2D eigenvalue weighted by atomic mass is 16.3. The zero-order valence-corrected chi connectivity index (χ0v) is 13.5. The molecular formula is C18H20N4O2. The van der Waals surface area contributed by atoms with Crippen molar-refractivity contribution in [1.29, 1.82) is 0 Å². The van der Waals surface area contributed by atoms with Gasteiger partial charge in [-0.15, -0.1) is 0 Å². The molecule has 2 aromatic heterocycles. The summed E-state index contributed by atoms with van der Waals surface area (Å²) >= 11 is 0. The Morgan fingerprint density at radius 3 is 2.88 bits per heavy atom. The molecule has 1 atom stereocenters. The first kappa shape index (κ1) is 16.1. The van der Waals surface area contributed by atoms with Crippen LogP contribution >= 0.6 is 0 Å². The van der Waals surface area contributed by atoms with Gasteiger partial charge in [0.1, 0.15) is 6.04 Å². The van der Waals surface area contributed by atoms with E-state index in [9.17, 15) is 9.90 Å². The number of fused-ring (bicyclic) bond motifs is 1. The number of aromatic nitrogens is 3. The lowest BCUT2D eigenvalue weighted by atomic mass is 10.2. The van der Waals surface area contributed by atoms with Gasteiger partial charge < -0.3 is 14.6 Å². The number of nitrogens with zero attached hydrogens (tertiary/aromatic N) is 4. The van der Waals surface area contributed by atoms with Gasteiger partial charge in [0.2, 0.25) is 5.91 Å². The van der Waals surface area contributed by atoms with Crippen LogP contribution in [0.3, 0.4) is 0 Å². The van der Waals surface area contributed by atoms with Crippen LogP contribution in [0.25, 0.3) is 11.0 Å². The molecule has 0 aliphatic carbocycles. The molecule has 0 aliphatic rings. The molecule has 1 N–H and O–H groups in total. The molecular weight excluding hydrogens is 304 g/mol. The average Bonchev–Trinajstić information content (AvgIpc) is 3.05. The number of aliphatic hydroxyl groups excluding tert-OH is 1. The monoisotopic (exact) mass is 324 g/mol. The largest absolute Gasteiger partial charge is 0.395 e. The first-order chi connectivity index (χ1) is 11.7. The fraction of sp³-hybridized carbons (Fsp3) is 0.278. The summed E-state index contributed by atoms with van der Waals surface area (Å²) in [5.74, 6) is -0.0592. The predicted molar refractivity (Wildman–Crippen MR) is 91.2 cm³/mol. The molecule has 3 rings (SSSR count). The quantitative estimate of drug-likeness (QED) is 0.753. The van der Waals surface area contributed by atoms with Crippen molar-refractivity contribution >= 4 is 16.9 Å². The average molecular weight is 324 g/mol. The van der Waals surface area contributed by atoms with Crippen LogP contribution in [-0.4, -0.2) is 43.6 Å². The number of pyridine rings is 1. The van der Waals surface area contributed by atoms with Crippen LogP contribution in [-0.2, 0) is 11.3 Å². The summed E-state index contributed by atoms with van der Waals surface area (Å²) in [6.45, 7) is 2.47. The van der Waals surface area contributed by atoms with Crippen LogP contribution in [0.2, 0.25) is 0 Å². The predicted octanol–water partition coefficient (Wildman–Crippen LogP) is 2.01. The van der Waals surface area contributed by atoms with Gasteiger partial charge in [-0.1, -0.05) is 18.2 Å². The SMILES string of the molecule is CC(C(=O)N(CCO)Cc1cccnc1)n1cnc2ccccc21. The maximum atomic E-state index is 12.9. The van der Waals surface area contributed by atoms with E-state index in [4.69, 9.17) is 0 Å². The molecule has 6 nitrogen and oxygen atoms in total. The van der Waals surface area contributed by atoms with Crippen molar-refractivity contribution in [2.75, 3.05) is 13.2 Å². The zero-order valence-electron chi connectivity index (χ0n) is 13.5. The summed E-state index contributed by atoms with van der Waals surface area (Å²) in [5.41, 5.74) is 2.71. The van der Waals surface area contributed by atoms with Crippen molar-refractivity contribution in [1.82, 2.24) is 19.4 Å². The fourth-order valence-corrected chi connectivity index (χ4v) is 2.77. The molecule has 124 valence electrons. The molecule has 0 radical (unpaired) electrons. The van der Waals surface area contributed by atoms with E-state index in [0.29, 0.717) is 6.54 Å². The van der Waals surface area contributed by atoms with Crippen molar-refractivity contribution in [3.63, 3.8) is 0 Å². The number of rotatable bonds is 6. The van der Waals surface area contributed by atoms with Gasteiger partial charge in [-0.25, -0.2) is 4.98 Å². The number of imidazole rings is 1. The summed E-state index contributed by atoms with van der Waals surface area (Å²) in [6.07, 6.45) is 5.12. The summed E-state index contributed by atoms with van der Waals surface area (Å²) in [6, 6.07) is 11.1. The molecule has 3 aromatic rings. The molecule has 0 saturated heterocycles. The maximum Gasteiger partial charge on any atom is 0.245 e. The Kier molecular flexibility index (Phi) is 4.86. The van der Waals surface area contributed by atoms with E-state index < -0.39 is 6.04 Å². The minimum atomic E-state index is -0.402. The van der Waals surface area contributed by atoms with E-state index in [1.54, 1.807) is 23.6 Å². The Morgan fingerprint density at radius 1 is 1.29 bits per heavy atom. The first-order valence-corrected chi connectivity index (χ1v) is 7.91. The molecule has 6 heteroatoms. The molecule has 1 amide bonds. The number of aliphatic hydroxyl groups is 1. The minimum Gasteiger partial charge on any atom is -0.395 e. The summed E-state index contributed by atoms with van der Waals surface area (Å²) < 4.78 is 1.87. The minimum absolute atomic E-state index is 0.0592. The second-order valence-electron chi connectivity index (χ2n) is 5.66. The number of amides is 1. The van der Waals surface area contributed by atoms with Gasteiger partial charge in [0, 0.05) is 25.5 Å². The highest BCUT2D eigenvalue weighted by Gasteiger charge is 2.23. The van der Waals surface area contributed by atoms with Gasteiger partial charge in [-0.05, 0) is 30.7 Å². The third-order valence-corrected chi connectivity index (χ3v) is 4.03. The van der Waals surface area contributed by atoms with E-state index in [2.05, 4.69) is 9.97 Å². The molecule has 0 bridgehead atoms. The highest BCUT2D eigenvalue weighted by Crippen LogP contribution is 2.19. The normalized spacial score (nSPS) is 12.2. The van der Waals surface area contributed by atoms with Crippen LogP contribution in [0.4, 0.5) is 0 Å². The van der Waals surface area contributed by atoms with Crippen molar-refractivity contribution in [3.8, 4) is 0 Å². The molecule has 0 aliphatic heterocycles. The van der Waals surface area contributed by atoms with Gasteiger partial charge in [0.25, 0.3) is 0 Å². The molecule has 2 heterocycles. The summed E-state index contributed by atoms with van der Waals surface area (Å²) in [4.78, 5) is 23.0. The van der Waals surface area contributed by atoms with Crippen molar-refractivity contribution in [2.45, 2.75) is 19.5 Å². The standard InChI is InChI=1S/C18H20N4O2/c1-14(22-13-20-16-6-2-3-7-17(16)22)18(24)21(9-10-23)12-15-5-4-8-19-11-15/h2-8,11,13-14,23H,9-10,12H2,1H3. The number of hydrogen-bond donors (Lipinski definition) is 1. The molecule has 1 aromatic carbocycles. The Labute approximate surface area is 140 Å². The summed E-state index contributed by atoms with van der Waals surface area (Å²) in [7, 11) is 0. The van der Waals surface area contributed by atoms with Crippen molar-refractivity contribution in [2.24, 2.45) is 0 Å². The van der Waals surface area contributed by atoms with Crippen LogP contribution in [0.1, 0.15) is 18.5 Å². The Balaban J connectivity index is 1.83. The highest BCUT2D eigenvalue weighted by molar-refractivity contribution is 5.83. The third-order valence-electron chi connectivity index (χ3n) is 4.03. The molecule has 0 saturated carbocycles. The van der Waals surface area contributed by atoms with Gasteiger partial charge >= 0.3 is 0 Å². The number of para-hydroxylation sites is 2. The van der Waals surface area contributed by atoms with E-state index in [0.717, 1.165) is 16.6 Å². The smallest absolute Gasteiger partial charge is 0.245 e. The van der Waals surface area contributed by atoms with E-state index in [1.165, 1.54) is 0 Å². The van der Waals surface area contributed by atoms with E-state index in [-0.39, 0.29) is 19.1 Å². The molecule has 0 spiro atoms. The van der Waals surface area contributed by atoms with Gasteiger partial charge in [-0.3, -0.25) is 9.78 Å². The first-order valence-electron chi connectivity index (χ1n) is 7.91. The number of hydrogen-bond acceptors (Lipinski definition) is 4.